The molecule has 2 aromatic heterocycles. The van der Waals surface area contributed by atoms with Crippen molar-refractivity contribution >= 4 is 28.3 Å². The third-order valence-electron chi connectivity index (χ3n) is 5.97. The zero-order valence-electron chi connectivity index (χ0n) is 18.8. The number of ether oxygens (including phenoxy) is 1. The van der Waals surface area contributed by atoms with Crippen LogP contribution in [0.5, 0.6) is 5.75 Å². The van der Waals surface area contributed by atoms with Gasteiger partial charge in [0.1, 0.15) is 22.8 Å². The molecule has 0 unspecified atom stereocenters. The molecule has 1 aliphatic rings. The zero-order chi connectivity index (χ0) is 23.8. The van der Waals surface area contributed by atoms with Crippen molar-refractivity contribution in [2.24, 2.45) is 12.8 Å². The molecule has 0 spiro atoms. The summed E-state index contributed by atoms with van der Waals surface area (Å²) in [6.45, 7) is 1.44. The largest absolute Gasteiger partial charge is 0.496 e. The molecular weight excluding hydrogens is 437 g/mol. The molecule has 0 radical (unpaired) electrons. The molecule has 1 amide bonds. The van der Waals surface area contributed by atoms with Gasteiger partial charge in [0, 0.05) is 32.4 Å². The fourth-order valence-corrected chi connectivity index (χ4v) is 4.28. The van der Waals surface area contributed by atoms with Crippen LogP contribution < -0.4 is 20.7 Å². The van der Waals surface area contributed by atoms with Crippen LogP contribution in [0.1, 0.15) is 16.9 Å². The quantitative estimate of drug-likeness (QED) is 0.470. The predicted molar refractivity (Wildman–Crippen MR) is 127 cm³/mol. The van der Waals surface area contributed by atoms with E-state index in [-0.39, 0.29) is 28.9 Å². The van der Waals surface area contributed by atoms with Gasteiger partial charge in [-0.3, -0.25) is 4.79 Å². The van der Waals surface area contributed by atoms with Crippen LogP contribution in [-0.2, 0) is 7.05 Å². The Morgan fingerprint density at radius 1 is 1.24 bits per heavy atom. The van der Waals surface area contributed by atoms with Crippen LogP contribution in [0.4, 0.5) is 15.8 Å². The van der Waals surface area contributed by atoms with Crippen molar-refractivity contribution in [1.29, 1.82) is 0 Å². The third kappa shape index (κ3) is 3.81. The average molecular weight is 462 g/mol. The molecule has 4 aromatic rings. The monoisotopic (exact) mass is 461 g/mol. The third-order valence-corrected chi connectivity index (χ3v) is 5.97. The summed E-state index contributed by atoms with van der Waals surface area (Å²) in [5.41, 5.74) is 9.51. The van der Waals surface area contributed by atoms with Gasteiger partial charge in [0.25, 0.3) is 5.91 Å². The molecule has 1 saturated heterocycles. The standard InChI is InChI=1S/C24H24FN7O2/c1-31-13-28-21-18(31)7-6-16(22(21)32-11-9-14(26)12-32)30-24(33)17-8-10-27-23(29-17)20-15(25)4-3-5-19(20)34-2/h3-8,10,13-14H,9,11-12,26H2,1-2H3,(H,30,33)/t14-/m1/s1. The van der Waals surface area contributed by atoms with Crippen molar-refractivity contribution in [2.75, 3.05) is 30.4 Å². The molecular formula is C24H24FN7O2. The predicted octanol–water partition coefficient (Wildman–Crippen LogP) is 2.97. The van der Waals surface area contributed by atoms with Gasteiger partial charge < -0.3 is 25.3 Å². The number of hydrogen-bond acceptors (Lipinski definition) is 7. The van der Waals surface area contributed by atoms with Crippen LogP contribution in [-0.4, -0.2) is 51.7 Å². The van der Waals surface area contributed by atoms with E-state index in [1.54, 1.807) is 12.4 Å². The summed E-state index contributed by atoms with van der Waals surface area (Å²) in [6, 6.07) is 9.75. The lowest BCUT2D eigenvalue weighted by Gasteiger charge is -2.22. The number of aryl methyl sites for hydroxylation is 1. The molecule has 1 fully saturated rings. The molecule has 3 heterocycles. The second-order valence-electron chi connectivity index (χ2n) is 8.22. The molecule has 10 heteroatoms. The average Bonchev–Trinajstić information content (AvgIpc) is 3.44. The zero-order valence-corrected chi connectivity index (χ0v) is 18.8. The lowest BCUT2D eigenvalue weighted by atomic mass is 10.1. The van der Waals surface area contributed by atoms with Gasteiger partial charge in [0.05, 0.1) is 35.9 Å². The number of carbonyl (C=O) groups is 1. The van der Waals surface area contributed by atoms with E-state index >= 15 is 0 Å². The number of hydrogen-bond donors (Lipinski definition) is 2. The highest BCUT2D eigenvalue weighted by molar-refractivity contribution is 6.08. The van der Waals surface area contributed by atoms with Gasteiger partial charge in [0.2, 0.25) is 0 Å². The number of rotatable bonds is 5. The molecule has 1 aliphatic heterocycles. The van der Waals surface area contributed by atoms with E-state index in [1.807, 2.05) is 23.7 Å². The fourth-order valence-electron chi connectivity index (χ4n) is 4.28. The van der Waals surface area contributed by atoms with E-state index in [0.29, 0.717) is 12.2 Å². The van der Waals surface area contributed by atoms with Crippen LogP contribution in [0.3, 0.4) is 0 Å². The first-order valence-electron chi connectivity index (χ1n) is 10.9. The number of methoxy groups -OCH3 is 1. The van der Waals surface area contributed by atoms with E-state index in [1.165, 1.54) is 31.5 Å². The molecule has 1 atom stereocenters. The van der Waals surface area contributed by atoms with E-state index in [2.05, 4.69) is 25.2 Å². The Hall–Kier alpha value is -4.05. The van der Waals surface area contributed by atoms with Gasteiger partial charge in [-0.2, -0.15) is 0 Å². The maximum Gasteiger partial charge on any atom is 0.274 e. The highest BCUT2D eigenvalue weighted by Gasteiger charge is 2.26. The molecule has 2 aromatic carbocycles. The topological polar surface area (TPSA) is 111 Å². The van der Waals surface area contributed by atoms with E-state index in [9.17, 15) is 9.18 Å². The Kier molecular flexibility index (Phi) is 5.58. The number of imidazole rings is 1. The molecule has 174 valence electrons. The summed E-state index contributed by atoms with van der Waals surface area (Å²) in [5, 5.41) is 2.96. The lowest BCUT2D eigenvalue weighted by molar-refractivity contribution is 0.102. The highest BCUT2D eigenvalue weighted by Crippen LogP contribution is 2.36. The number of anilines is 2. The molecule has 0 bridgehead atoms. The minimum Gasteiger partial charge on any atom is -0.496 e. The second kappa shape index (κ2) is 8.71. The summed E-state index contributed by atoms with van der Waals surface area (Å²) in [5.74, 6) is -0.636. The van der Waals surface area contributed by atoms with Crippen molar-refractivity contribution in [3.63, 3.8) is 0 Å². The molecule has 5 rings (SSSR count). The van der Waals surface area contributed by atoms with Gasteiger partial charge in [-0.25, -0.2) is 19.3 Å². The van der Waals surface area contributed by atoms with Crippen molar-refractivity contribution in [3.8, 4) is 17.1 Å². The summed E-state index contributed by atoms with van der Waals surface area (Å²) in [7, 11) is 3.36. The number of amides is 1. The number of nitrogens with one attached hydrogen (secondary N) is 1. The smallest absolute Gasteiger partial charge is 0.274 e. The number of benzene rings is 2. The van der Waals surface area contributed by atoms with E-state index < -0.39 is 11.7 Å². The highest BCUT2D eigenvalue weighted by atomic mass is 19.1. The summed E-state index contributed by atoms with van der Waals surface area (Å²) in [4.78, 5) is 28.4. The van der Waals surface area contributed by atoms with Crippen LogP contribution in [0.2, 0.25) is 0 Å². The van der Waals surface area contributed by atoms with Gasteiger partial charge in [-0.05, 0) is 36.8 Å². The summed E-state index contributed by atoms with van der Waals surface area (Å²) in [6.07, 6.45) is 4.02. The maximum atomic E-state index is 14.5. The SMILES string of the molecule is COc1cccc(F)c1-c1nccc(C(=O)Nc2ccc3c(ncn3C)c2N2CC[C@@H](N)C2)n1. The first-order valence-corrected chi connectivity index (χ1v) is 10.9. The maximum absolute atomic E-state index is 14.5. The van der Waals surface area contributed by atoms with E-state index in [0.717, 1.165) is 29.7 Å². The molecule has 0 aliphatic carbocycles. The molecule has 0 saturated carbocycles. The number of nitrogens with two attached hydrogens (primary N) is 1. The Morgan fingerprint density at radius 3 is 2.85 bits per heavy atom. The second-order valence-corrected chi connectivity index (χ2v) is 8.22. The fraction of sp³-hybridized carbons (Fsp3) is 0.250. The number of carbonyl (C=O) groups excluding carboxylic acids is 1. The van der Waals surface area contributed by atoms with Crippen LogP contribution in [0.15, 0.2) is 48.9 Å². The van der Waals surface area contributed by atoms with Crippen LogP contribution in [0.25, 0.3) is 22.4 Å². The lowest BCUT2D eigenvalue weighted by Crippen LogP contribution is -2.27. The number of halogens is 1. The summed E-state index contributed by atoms with van der Waals surface area (Å²) >= 11 is 0. The van der Waals surface area contributed by atoms with Crippen LogP contribution in [0, 0.1) is 5.82 Å². The van der Waals surface area contributed by atoms with Crippen molar-refractivity contribution in [2.45, 2.75) is 12.5 Å². The van der Waals surface area contributed by atoms with E-state index in [4.69, 9.17) is 10.5 Å². The normalized spacial score (nSPS) is 15.6. The molecule has 34 heavy (non-hydrogen) atoms. The van der Waals surface area contributed by atoms with Gasteiger partial charge in [-0.1, -0.05) is 6.07 Å². The minimum absolute atomic E-state index is 0.0580. The Bertz CT molecular complexity index is 1390. The van der Waals surface area contributed by atoms with Crippen LogP contribution >= 0.6 is 0 Å². The number of nitrogens with zero attached hydrogens (tertiary/aromatic N) is 5. The Balaban J connectivity index is 1.51. The summed E-state index contributed by atoms with van der Waals surface area (Å²) < 4.78 is 21.7. The van der Waals surface area contributed by atoms with Crippen molar-refractivity contribution in [3.05, 3.63) is 60.4 Å². The first kappa shape index (κ1) is 21.8. The van der Waals surface area contributed by atoms with Gasteiger partial charge >= 0.3 is 0 Å². The van der Waals surface area contributed by atoms with Crippen molar-refractivity contribution in [1.82, 2.24) is 19.5 Å². The van der Waals surface area contributed by atoms with Gasteiger partial charge in [-0.15, -0.1) is 0 Å². The van der Waals surface area contributed by atoms with Crippen molar-refractivity contribution < 1.29 is 13.9 Å². The number of fused-ring (bicyclic) bond motifs is 1. The van der Waals surface area contributed by atoms with Gasteiger partial charge in [0.15, 0.2) is 5.82 Å². The number of aromatic nitrogens is 4. The Labute approximate surface area is 195 Å². The minimum atomic E-state index is -0.537. The molecule has 3 N–H and O–H groups in total. The Morgan fingerprint density at radius 2 is 2.09 bits per heavy atom. The molecule has 9 nitrogen and oxygen atoms in total. The first-order chi connectivity index (χ1) is 16.5.